The Balaban J connectivity index is 2.26. The lowest BCUT2D eigenvalue weighted by molar-refractivity contribution is 0.00940. The van der Waals surface area contributed by atoms with Gasteiger partial charge >= 0.3 is 0 Å². The molecular weight excluding hydrogens is 266 g/mol. The number of aliphatic hydroxyl groups is 1. The first-order chi connectivity index (χ1) is 8.85. The summed E-state index contributed by atoms with van der Waals surface area (Å²) >= 11 is 0. The standard InChI is InChI=1S/C13H19NO4S/c1-13(15)8-3-9-14(10-13)19(16,17)12-6-4-11(18-2)5-7-12/h4-7,15H,3,8-10H2,1-2H3. The van der Waals surface area contributed by atoms with Gasteiger partial charge in [-0.3, -0.25) is 0 Å². The van der Waals surface area contributed by atoms with Gasteiger partial charge in [-0.05, 0) is 44.0 Å². The van der Waals surface area contributed by atoms with E-state index >= 15 is 0 Å². The molecule has 1 aromatic rings. The molecule has 0 amide bonds. The second kappa shape index (κ2) is 5.11. The van der Waals surface area contributed by atoms with E-state index < -0.39 is 15.6 Å². The normalized spacial score (nSPS) is 25.2. The Morgan fingerprint density at radius 3 is 2.47 bits per heavy atom. The molecular formula is C13H19NO4S. The minimum absolute atomic E-state index is 0.140. The quantitative estimate of drug-likeness (QED) is 0.907. The second-order valence-corrected chi connectivity index (χ2v) is 7.05. The Morgan fingerprint density at radius 1 is 1.32 bits per heavy atom. The fourth-order valence-electron chi connectivity index (χ4n) is 2.28. The molecule has 2 rings (SSSR count). The molecule has 1 N–H and O–H groups in total. The molecule has 5 nitrogen and oxygen atoms in total. The zero-order valence-corrected chi connectivity index (χ0v) is 12.0. The van der Waals surface area contributed by atoms with Crippen LogP contribution in [0.5, 0.6) is 5.75 Å². The van der Waals surface area contributed by atoms with E-state index in [0.29, 0.717) is 25.1 Å². The number of hydrogen-bond donors (Lipinski definition) is 1. The van der Waals surface area contributed by atoms with Crippen molar-refractivity contribution in [2.75, 3.05) is 20.2 Å². The Bertz CT molecular complexity index is 536. The van der Waals surface area contributed by atoms with Crippen molar-refractivity contribution in [3.05, 3.63) is 24.3 Å². The maximum Gasteiger partial charge on any atom is 0.243 e. The summed E-state index contributed by atoms with van der Waals surface area (Å²) in [5.41, 5.74) is -0.947. The summed E-state index contributed by atoms with van der Waals surface area (Å²) in [6.45, 7) is 2.26. The smallest absolute Gasteiger partial charge is 0.243 e. The molecule has 1 aliphatic rings. The Morgan fingerprint density at radius 2 is 1.95 bits per heavy atom. The van der Waals surface area contributed by atoms with Crippen molar-refractivity contribution >= 4 is 10.0 Å². The molecule has 0 radical (unpaired) electrons. The minimum Gasteiger partial charge on any atom is -0.497 e. The van der Waals surface area contributed by atoms with Gasteiger partial charge in [-0.25, -0.2) is 8.42 Å². The minimum atomic E-state index is -3.54. The van der Waals surface area contributed by atoms with Gasteiger partial charge in [-0.15, -0.1) is 0 Å². The third-order valence-electron chi connectivity index (χ3n) is 3.34. The molecule has 1 heterocycles. The highest BCUT2D eigenvalue weighted by atomic mass is 32.2. The largest absolute Gasteiger partial charge is 0.497 e. The molecule has 6 heteroatoms. The van der Waals surface area contributed by atoms with Crippen molar-refractivity contribution in [2.24, 2.45) is 0 Å². The van der Waals surface area contributed by atoms with Crippen LogP contribution in [0.15, 0.2) is 29.2 Å². The summed E-state index contributed by atoms with van der Waals surface area (Å²) < 4.78 is 31.3. The molecule has 1 fully saturated rings. The molecule has 1 unspecified atom stereocenters. The van der Waals surface area contributed by atoms with Crippen LogP contribution < -0.4 is 4.74 Å². The van der Waals surface area contributed by atoms with E-state index in [1.54, 1.807) is 19.1 Å². The highest BCUT2D eigenvalue weighted by Crippen LogP contribution is 2.26. The van der Waals surface area contributed by atoms with Crippen molar-refractivity contribution in [1.82, 2.24) is 4.31 Å². The fourth-order valence-corrected chi connectivity index (χ4v) is 3.87. The number of piperidine rings is 1. The van der Waals surface area contributed by atoms with Gasteiger partial charge in [0.25, 0.3) is 0 Å². The molecule has 0 bridgehead atoms. The Hall–Kier alpha value is -1.11. The van der Waals surface area contributed by atoms with Crippen molar-refractivity contribution in [2.45, 2.75) is 30.3 Å². The number of methoxy groups -OCH3 is 1. The van der Waals surface area contributed by atoms with Crippen LogP contribution in [0.2, 0.25) is 0 Å². The molecule has 0 aliphatic carbocycles. The lowest BCUT2D eigenvalue weighted by Crippen LogP contribution is -2.48. The molecule has 1 atom stereocenters. The summed E-state index contributed by atoms with van der Waals surface area (Å²) in [7, 11) is -2.01. The fraction of sp³-hybridized carbons (Fsp3) is 0.538. The van der Waals surface area contributed by atoms with Crippen LogP contribution in [-0.2, 0) is 10.0 Å². The van der Waals surface area contributed by atoms with Crippen LogP contribution in [0, 0.1) is 0 Å². The third kappa shape index (κ3) is 3.08. The highest BCUT2D eigenvalue weighted by molar-refractivity contribution is 7.89. The SMILES string of the molecule is COc1ccc(S(=O)(=O)N2CCCC(C)(O)C2)cc1. The van der Waals surface area contributed by atoms with Crippen molar-refractivity contribution in [3.8, 4) is 5.75 Å². The molecule has 1 saturated heterocycles. The third-order valence-corrected chi connectivity index (χ3v) is 5.20. The second-order valence-electron chi connectivity index (χ2n) is 5.11. The van der Waals surface area contributed by atoms with Gasteiger partial charge in [0, 0.05) is 13.1 Å². The monoisotopic (exact) mass is 285 g/mol. The zero-order chi connectivity index (χ0) is 14.1. The molecule has 1 aromatic carbocycles. The topological polar surface area (TPSA) is 66.8 Å². The lowest BCUT2D eigenvalue weighted by Gasteiger charge is -2.35. The van der Waals surface area contributed by atoms with Crippen molar-refractivity contribution in [3.63, 3.8) is 0 Å². The number of nitrogens with zero attached hydrogens (tertiary/aromatic N) is 1. The number of ether oxygens (including phenoxy) is 1. The first-order valence-corrected chi connectivity index (χ1v) is 7.66. The van der Waals surface area contributed by atoms with Gasteiger partial charge < -0.3 is 9.84 Å². The van der Waals surface area contributed by atoms with E-state index in [1.807, 2.05) is 0 Å². The Labute approximate surface area is 113 Å². The molecule has 19 heavy (non-hydrogen) atoms. The predicted molar refractivity (Wildman–Crippen MR) is 71.6 cm³/mol. The van der Waals surface area contributed by atoms with E-state index in [2.05, 4.69) is 0 Å². The molecule has 0 saturated carbocycles. The van der Waals surface area contributed by atoms with E-state index in [9.17, 15) is 13.5 Å². The molecule has 1 aliphatic heterocycles. The molecule has 106 valence electrons. The number of hydrogen-bond acceptors (Lipinski definition) is 4. The van der Waals surface area contributed by atoms with E-state index in [1.165, 1.54) is 23.5 Å². The van der Waals surface area contributed by atoms with Gasteiger partial charge in [0.15, 0.2) is 0 Å². The maximum absolute atomic E-state index is 12.4. The highest BCUT2D eigenvalue weighted by Gasteiger charge is 2.35. The van der Waals surface area contributed by atoms with Crippen LogP contribution in [-0.4, -0.2) is 43.6 Å². The van der Waals surface area contributed by atoms with E-state index in [0.717, 1.165) is 0 Å². The average molecular weight is 285 g/mol. The van der Waals surface area contributed by atoms with E-state index in [-0.39, 0.29) is 11.4 Å². The Kier molecular flexibility index (Phi) is 3.85. The summed E-state index contributed by atoms with van der Waals surface area (Å²) in [6.07, 6.45) is 1.30. The number of sulfonamides is 1. The van der Waals surface area contributed by atoms with Gasteiger partial charge in [-0.2, -0.15) is 4.31 Å². The van der Waals surface area contributed by atoms with E-state index in [4.69, 9.17) is 4.74 Å². The van der Waals surface area contributed by atoms with Gasteiger partial charge in [-0.1, -0.05) is 0 Å². The van der Waals surface area contributed by atoms with Gasteiger partial charge in [0.1, 0.15) is 5.75 Å². The van der Waals surface area contributed by atoms with Crippen LogP contribution in [0.3, 0.4) is 0 Å². The first-order valence-electron chi connectivity index (χ1n) is 6.22. The van der Waals surface area contributed by atoms with Crippen LogP contribution >= 0.6 is 0 Å². The van der Waals surface area contributed by atoms with Gasteiger partial charge in [0.2, 0.25) is 10.0 Å². The van der Waals surface area contributed by atoms with Crippen molar-refractivity contribution < 1.29 is 18.3 Å². The summed E-state index contributed by atoms with van der Waals surface area (Å²) in [6, 6.07) is 6.29. The summed E-state index contributed by atoms with van der Waals surface area (Å²) in [5.74, 6) is 0.615. The first kappa shape index (κ1) is 14.3. The number of benzene rings is 1. The summed E-state index contributed by atoms with van der Waals surface area (Å²) in [4.78, 5) is 0.228. The van der Waals surface area contributed by atoms with Crippen LogP contribution in [0.1, 0.15) is 19.8 Å². The number of rotatable bonds is 3. The maximum atomic E-state index is 12.4. The predicted octanol–water partition coefficient (Wildman–Crippen LogP) is 1.23. The number of β-amino-alcohol motifs (C(OH)–C–C–N with tert-alkyl or cyclic N) is 1. The van der Waals surface area contributed by atoms with Crippen LogP contribution in [0.4, 0.5) is 0 Å². The lowest BCUT2D eigenvalue weighted by atomic mass is 9.97. The van der Waals surface area contributed by atoms with Crippen molar-refractivity contribution in [1.29, 1.82) is 0 Å². The summed E-state index contributed by atoms with van der Waals surface area (Å²) in [5, 5.41) is 10.0. The molecule has 0 aromatic heterocycles. The van der Waals surface area contributed by atoms with Crippen LogP contribution in [0.25, 0.3) is 0 Å². The zero-order valence-electron chi connectivity index (χ0n) is 11.2. The van der Waals surface area contributed by atoms with Gasteiger partial charge in [0.05, 0.1) is 17.6 Å². The average Bonchev–Trinajstić information content (AvgIpc) is 2.37. The molecule has 0 spiro atoms.